The van der Waals surface area contributed by atoms with E-state index in [1.807, 2.05) is 0 Å². The minimum atomic E-state index is -4.97. The lowest BCUT2D eigenvalue weighted by atomic mass is 9.99. The summed E-state index contributed by atoms with van der Waals surface area (Å²) >= 11 is 0. The van der Waals surface area contributed by atoms with Crippen molar-refractivity contribution < 1.29 is 80.2 Å². The molecule has 0 amide bonds. The molecular weight excluding hydrogens is 1400 g/mol. The number of unbranched alkanes of at least 4 members (excludes halogenated alkanes) is 60. The Morgan fingerprint density at radius 2 is 0.444 bits per heavy atom. The number of hydrogen-bond acceptors (Lipinski definition) is 15. The van der Waals surface area contributed by atoms with Crippen LogP contribution in [0.1, 0.15) is 484 Å². The third kappa shape index (κ3) is 80.7. The number of rotatable bonds is 89. The van der Waals surface area contributed by atoms with Crippen LogP contribution in [0.15, 0.2) is 0 Å². The Morgan fingerprint density at radius 3 is 0.657 bits per heavy atom. The first kappa shape index (κ1) is 106. The van der Waals surface area contributed by atoms with Gasteiger partial charge in [-0.2, -0.15) is 0 Å². The van der Waals surface area contributed by atoms with Crippen molar-refractivity contribution in [2.75, 3.05) is 39.6 Å². The van der Waals surface area contributed by atoms with E-state index in [-0.39, 0.29) is 25.7 Å². The number of carbonyl (C=O) groups is 4. The maximum atomic E-state index is 13.2. The molecule has 0 rings (SSSR count). The van der Waals surface area contributed by atoms with Crippen LogP contribution < -0.4 is 0 Å². The molecule has 0 aromatic rings. The second-order valence-electron chi connectivity index (χ2n) is 32.2. The lowest BCUT2D eigenvalue weighted by molar-refractivity contribution is -0.161. The Labute approximate surface area is 664 Å². The van der Waals surface area contributed by atoms with Gasteiger partial charge in [0.1, 0.15) is 19.3 Å². The van der Waals surface area contributed by atoms with Gasteiger partial charge in [0.15, 0.2) is 12.2 Å². The van der Waals surface area contributed by atoms with E-state index in [1.54, 1.807) is 0 Å². The molecule has 642 valence electrons. The second kappa shape index (κ2) is 81.6. The first-order valence-electron chi connectivity index (χ1n) is 46.2. The lowest BCUT2D eigenvalue weighted by Gasteiger charge is -2.21. The van der Waals surface area contributed by atoms with E-state index in [0.717, 1.165) is 95.8 Å². The van der Waals surface area contributed by atoms with Crippen LogP contribution in [0.25, 0.3) is 0 Å². The highest BCUT2D eigenvalue weighted by atomic mass is 31.2. The van der Waals surface area contributed by atoms with Gasteiger partial charge in [-0.15, -0.1) is 0 Å². The van der Waals surface area contributed by atoms with Crippen LogP contribution in [0.5, 0.6) is 0 Å². The zero-order valence-electron chi connectivity index (χ0n) is 71.0. The van der Waals surface area contributed by atoms with Crippen molar-refractivity contribution in [3.8, 4) is 0 Å². The molecule has 3 N–H and O–H groups in total. The van der Waals surface area contributed by atoms with Gasteiger partial charge in [-0.05, 0) is 31.6 Å². The van der Waals surface area contributed by atoms with Gasteiger partial charge in [-0.3, -0.25) is 37.3 Å². The van der Waals surface area contributed by atoms with Crippen LogP contribution in [-0.4, -0.2) is 96.7 Å². The number of hydrogen-bond donors (Lipinski definition) is 3. The average molecular weight is 1580 g/mol. The summed E-state index contributed by atoms with van der Waals surface area (Å²) in [5, 5.41) is 10.7. The summed E-state index contributed by atoms with van der Waals surface area (Å²) in [4.78, 5) is 73.3. The van der Waals surface area contributed by atoms with Crippen LogP contribution in [-0.2, 0) is 65.4 Å². The average Bonchev–Trinajstić information content (AvgIpc) is 0.913. The van der Waals surface area contributed by atoms with Crippen LogP contribution >= 0.6 is 15.6 Å². The third-order valence-corrected chi connectivity index (χ3v) is 23.3. The predicted octanol–water partition coefficient (Wildman–Crippen LogP) is 27.5. The topological polar surface area (TPSA) is 237 Å². The molecule has 0 bridgehead atoms. The summed E-state index contributed by atoms with van der Waals surface area (Å²) in [5.74, 6) is -1.22. The molecule has 0 aliphatic carbocycles. The molecule has 6 atom stereocenters. The van der Waals surface area contributed by atoms with Crippen molar-refractivity contribution in [3.63, 3.8) is 0 Å². The number of aliphatic hydroxyl groups is 1. The van der Waals surface area contributed by atoms with Gasteiger partial charge < -0.3 is 33.8 Å². The molecule has 3 unspecified atom stereocenters. The summed E-state index contributed by atoms with van der Waals surface area (Å²) in [7, 11) is -9.93. The van der Waals surface area contributed by atoms with Gasteiger partial charge >= 0.3 is 39.5 Å². The zero-order chi connectivity index (χ0) is 79.0. The van der Waals surface area contributed by atoms with E-state index < -0.39 is 97.5 Å². The smallest absolute Gasteiger partial charge is 0.462 e. The quantitative estimate of drug-likeness (QED) is 0.0222. The Hall–Kier alpha value is -1.94. The molecule has 0 aromatic heterocycles. The number of ether oxygens (including phenoxy) is 4. The lowest BCUT2D eigenvalue weighted by Crippen LogP contribution is -2.30. The van der Waals surface area contributed by atoms with Gasteiger partial charge in [0.25, 0.3) is 0 Å². The van der Waals surface area contributed by atoms with Gasteiger partial charge in [0, 0.05) is 25.7 Å². The number of esters is 4. The van der Waals surface area contributed by atoms with E-state index >= 15 is 0 Å². The molecule has 0 fully saturated rings. The van der Waals surface area contributed by atoms with Gasteiger partial charge in [-0.1, -0.05) is 433 Å². The molecular formula is C89H174O17P2. The standard InChI is InChI=1S/C89H174O17P2/c1-6-10-13-16-19-22-25-28-30-31-32-36-40-43-48-53-58-63-68-73-87(92)100-79-85(106-89(94)75-70-65-60-55-50-45-41-37-34-33-35-39-42-46-51-56-61-66-71-82(5)9-4)81-104-108(97,98)102-77-83(90)76-101-107(95,96)103-80-84(78-99-86(91)72-67-62-57-52-47-27-24-21-18-15-12-8-3)105-88(93)74-69-64-59-54-49-44-38-29-26-23-20-17-14-11-7-2/h82-85,90H,6-81H2,1-5H3,(H,95,96)(H,97,98)/t82?,83-,84+,85+/m0/s1. The number of aliphatic hydroxyl groups excluding tert-OH is 1. The van der Waals surface area contributed by atoms with Gasteiger partial charge in [-0.25, -0.2) is 9.13 Å². The summed E-state index contributed by atoms with van der Waals surface area (Å²) in [6.07, 6.45) is 76.3. The summed E-state index contributed by atoms with van der Waals surface area (Å²) in [6.45, 7) is 7.46. The van der Waals surface area contributed by atoms with E-state index in [4.69, 9.17) is 37.0 Å². The van der Waals surface area contributed by atoms with E-state index in [1.165, 1.54) is 308 Å². The van der Waals surface area contributed by atoms with E-state index in [0.29, 0.717) is 25.7 Å². The fraction of sp³-hybridized carbons (Fsp3) is 0.955. The molecule has 108 heavy (non-hydrogen) atoms. The first-order chi connectivity index (χ1) is 52.6. The minimum Gasteiger partial charge on any atom is -0.462 e. The SMILES string of the molecule is CCCCCCCCCCCCCCCCCCCCCC(=O)OC[C@H](COP(=O)(O)OC[C@@H](O)COP(=O)(O)OC[C@@H](COC(=O)CCCCCCCCCCCCCC)OC(=O)CCCCCCCCCCCCCCCCC)OC(=O)CCCCCCCCCCCCCCCCCCCCC(C)CC. The highest BCUT2D eigenvalue weighted by molar-refractivity contribution is 7.47. The number of phosphoric acid groups is 2. The van der Waals surface area contributed by atoms with Crippen LogP contribution in [0.3, 0.4) is 0 Å². The second-order valence-corrected chi connectivity index (χ2v) is 35.1. The highest BCUT2D eigenvalue weighted by Crippen LogP contribution is 2.45. The van der Waals surface area contributed by atoms with Crippen molar-refractivity contribution >= 4 is 39.5 Å². The maximum Gasteiger partial charge on any atom is 0.472 e. The molecule has 19 heteroatoms. The van der Waals surface area contributed by atoms with Crippen LogP contribution in [0.2, 0.25) is 0 Å². The minimum absolute atomic E-state index is 0.109. The zero-order valence-corrected chi connectivity index (χ0v) is 72.8. The highest BCUT2D eigenvalue weighted by Gasteiger charge is 2.31. The van der Waals surface area contributed by atoms with Crippen molar-refractivity contribution in [3.05, 3.63) is 0 Å². The van der Waals surface area contributed by atoms with Crippen molar-refractivity contribution in [1.82, 2.24) is 0 Å². The largest absolute Gasteiger partial charge is 0.472 e. The molecule has 0 aliphatic rings. The fourth-order valence-corrected chi connectivity index (χ4v) is 15.5. The Kier molecular flexibility index (Phi) is 80.2. The summed E-state index contributed by atoms with van der Waals surface area (Å²) in [6, 6.07) is 0. The van der Waals surface area contributed by atoms with Crippen molar-refractivity contribution in [1.29, 1.82) is 0 Å². The molecule has 0 aliphatic heterocycles. The third-order valence-electron chi connectivity index (χ3n) is 21.4. The molecule has 0 saturated heterocycles. The van der Waals surface area contributed by atoms with Gasteiger partial charge in [0.05, 0.1) is 26.4 Å². The first-order valence-corrected chi connectivity index (χ1v) is 49.2. The molecule has 0 heterocycles. The Bertz CT molecular complexity index is 2050. The number of phosphoric ester groups is 2. The predicted molar refractivity (Wildman–Crippen MR) is 446 cm³/mol. The monoisotopic (exact) mass is 1580 g/mol. The summed E-state index contributed by atoms with van der Waals surface area (Å²) < 4.78 is 69.0. The van der Waals surface area contributed by atoms with E-state index in [9.17, 15) is 43.2 Å². The normalized spacial score (nSPS) is 14.0. The van der Waals surface area contributed by atoms with E-state index in [2.05, 4.69) is 34.6 Å². The van der Waals surface area contributed by atoms with Crippen molar-refractivity contribution in [2.24, 2.45) is 5.92 Å². The molecule has 0 saturated carbocycles. The Balaban J connectivity index is 5.24. The number of carbonyl (C=O) groups excluding carboxylic acids is 4. The Morgan fingerprint density at radius 1 is 0.259 bits per heavy atom. The fourth-order valence-electron chi connectivity index (χ4n) is 14.0. The molecule has 0 spiro atoms. The van der Waals surface area contributed by atoms with Crippen LogP contribution in [0.4, 0.5) is 0 Å². The van der Waals surface area contributed by atoms with Gasteiger partial charge in [0.2, 0.25) is 0 Å². The van der Waals surface area contributed by atoms with Crippen LogP contribution in [0, 0.1) is 5.92 Å². The summed E-state index contributed by atoms with van der Waals surface area (Å²) in [5.41, 5.74) is 0. The molecule has 0 aromatic carbocycles. The molecule has 0 radical (unpaired) electrons. The van der Waals surface area contributed by atoms with Crippen molar-refractivity contribution in [2.45, 2.75) is 502 Å². The maximum absolute atomic E-state index is 13.2. The molecule has 17 nitrogen and oxygen atoms in total.